The Labute approximate surface area is 79.3 Å². The van der Waals surface area contributed by atoms with Gasteiger partial charge in [0.25, 0.3) is 0 Å². The Morgan fingerprint density at radius 3 is 2.67 bits per heavy atom. The molecule has 1 fully saturated rings. The van der Waals surface area contributed by atoms with E-state index >= 15 is 0 Å². The van der Waals surface area contributed by atoms with Gasteiger partial charge in [0.05, 0.1) is 0 Å². The van der Waals surface area contributed by atoms with Crippen molar-refractivity contribution in [3.8, 4) is 0 Å². The number of nitrogens with zero attached hydrogens (tertiary/aromatic N) is 2. The number of aromatic nitrogens is 3. The summed E-state index contributed by atoms with van der Waals surface area (Å²) in [6.07, 6.45) is 2.31. The lowest BCUT2D eigenvalue weighted by Gasteiger charge is -2.19. The molecule has 2 rings (SSSR count). The first kappa shape index (κ1) is 8.19. The van der Waals surface area contributed by atoms with Crippen LogP contribution in [-0.4, -0.2) is 28.3 Å². The van der Waals surface area contributed by atoms with Crippen LogP contribution in [-0.2, 0) is 0 Å². The van der Waals surface area contributed by atoms with Crippen LogP contribution in [0.15, 0.2) is 4.73 Å². The number of rotatable bonds is 1. The second kappa shape index (κ2) is 3.53. The fraction of sp³-hybridized carbons (Fsp3) is 0.714. The van der Waals surface area contributed by atoms with Gasteiger partial charge in [-0.15, -0.1) is 5.10 Å². The molecule has 1 aliphatic heterocycles. The maximum Gasteiger partial charge on any atom is 0.217 e. The van der Waals surface area contributed by atoms with Gasteiger partial charge >= 0.3 is 0 Å². The summed E-state index contributed by atoms with van der Waals surface area (Å²) in [7, 11) is 0. The molecule has 1 aliphatic rings. The summed E-state index contributed by atoms with van der Waals surface area (Å²) in [5.74, 6) is 1.58. The van der Waals surface area contributed by atoms with E-state index in [4.69, 9.17) is 0 Å². The van der Waals surface area contributed by atoms with Crippen LogP contribution in [0.3, 0.4) is 0 Å². The maximum atomic E-state index is 4.26. The predicted octanol–water partition coefficient (Wildman–Crippen LogP) is 1.03. The van der Waals surface area contributed by atoms with E-state index in [1.807, 2.05) is 0 Å². The minimum absolute atomic E-state index is 0.560. The first-order chi connectivity index (χ1) is 5.86. The van der Waals surface area contributed by atoms with Crippen LogP contribution in [0.25, 0.3) is 0 Å². The summed E-state index contributed by atoms with van der Waals surface area (Å²) < 4.78 is 0.663. The third-order valence-corrected chi connectivity index (χ3v) is 2.56. The van der Waals surface area contributed by atoms with Gasteiger partial charge in [0.15, 0.2) is 0 Å². The quantitative estimate of drug-likeness (QED) is 0.759. The predicted molar refractivity (Wildman–Crippen MR) is 48.9 cm³/mol. The summed E-state index contributed by atoms with van der Waals surface area (Å²) >= 11 is 3.23. The molecular formula is C7H11BrN4. The van der Waals surface area contributed by atoms with Gasteiger partial charge in [0.1, 0.15) is 5.82 Å². The minimum atomic E-state index is 0.560. The van der Waals surface area contributed by atoms with Crippen molar-refractivity contribution in [3.05, 3.63) is 10.6 Å². The molecular weight excluding hydrogens is 220 g/mol. The normalized spacial score (nSPS) is 19.8. The summed E-state index contributed by atoms with van der Waals surface area (Å²) in [6.45, 7) is 2.17. The van der Waals surface area contributed by atoms with E-state index in [2.05, 4.69) is 36.4 Å². The fourth-order valence-electron chi connectivity index (χ4n) is 1.53. The van der Waals surface area contributed by atoms with E-state index in [9.17, 15) is 0 Å². The molecule has 5 heteroatoms. The molecule has 2 heterocycles. The van der Waals surface area contributed by atoms with Crippen molar-refractivity contribution >= 4 is 15.9 Å². The molecule has 66 valence electrons. The molecule has 2 N–H and O–H groups in total. The number of hydrogen-bond acceptors (Lipinski definition) is 3. The number of hydrogen-bond donors (Lipinski definition) is 2. The highest BCUT2D eigenvalue weighted by molar-refractivity contribution is 9.10. The summed E-state index contributed by atoms with van der Waals surface area (Å²) in [5.41, 5.74) is 0. The molecule has 0 bridgehead atoms. The van der Waals surface area contributed by atoms with Crippen molar-refractivity contribution in [2.75, 3.05) is 13.1 Å². The van der Waals surface area contributed by atoms with Crippen LogP contribution >= 0.6 is 15.9 Å². The molecule has 1 saturated heterocycles. The van der Waals surface area contributed by atoms with E-state index in [0.29, 0.717) is 10.7 Å². The number of halogens is 1. The highest BCUT2D eigenvalue weighted by atomic mass is 79.9. The van der Waals surface area contributed by atoms with Crippen molar-refractivity contribution < 1.29 is 0 Å². The Hall–Kier alpha value is -0.420. The van der Waals surface area contributed by atoms with E-state index in [1.54, 1.807) is 0 Å². The SMILES string of the molecule is Brc1n[nH]c(C2CCNCC2)n1. The molecule has 0 spiro atoms. The third-order valence-electron chi connectivity index (χ3n) is 2.20. The smallest absolute Gasteiger partial charge is 0.217 e. The molecule has 0 amide bonds. The molecule has 1 aromatic rings. The highest BCUT2D eigenvalue weighted by Crippen LogP contribution is 2.22. The van der Waals surface area contributed by atoms with Crippen LogP contribution < -0.4 is 5.32 Å². The summed E-state index contributed by atoms with van der Waals surface area (Å²) in [6, 6.07) is 0. The molecule has 0 aromatic carbocycles. The first-order valence-corrected chi connectivity index (χ1v) is 4.94. The largest absolute Gasteiger partial charge is 0.317 e. The van der Waals surface area contributed by atoms with Crippen molar-refractivity contribution in [2.45, 2.75) is 18.8 Å². The number of piperidine rings is 1. The van der Waals surface area contributed by atoms with Crippen molar-refractivity contribution in [1.29, 1.82) is 0 Å². The van der Waals surface area contributed by atoms with E-state index < -0.39 is 0 Å². The lowest BCUT2D eigenvalue weighted by Crippen LogP contribution is -2.27. The second-order valence-electron chi connectivity index (χ2n) is 3.01. The summed E-state index contributed by atoms with van der Waals surface area (Å²) in [5, 5.41) is 10.2. The Morgan fingerprint density at radius 1 is 1.33 bits per heavy atom. The lowest BCUT2D eigenvalue weighted by atomic mass is 9.98. The van der Waals surface area contributed by atoms with Crippen LogP contribution in [0.5, 0.6) is 0 Å². The molecule has 0 unspecified atom stereocenters. The average Bonchev–Trinajstić information content (AvgIpc) is 2.54. The van der Waals surface area contributed by atoms with Crippen LogP contribution in [0.4, 0.5) is 0 Å². The zero-order valence-electron chi connectivity index (χ0n) is 6.68. The number of H-pyrrole nitrogens is 1. The zero-order chi connectivity index (χ0) is 8.39. The van der Waals surface area contributed by atoms with E-state index in [1.165, 1.54) is 0 Å². The van der Waals surface area contributed by atoms with Gasteiger partial charge in [0.2, 0.25) is 4.73 Å². The van der Waals surface area contributed by atoms with Gasteiger partial charge in [0, 0.05) is 5.92 Å². The molecule has 0 atom stereocenters. The molecule has 12 heavy (non-hydrogen) atoms. The first-order valence-electron chi connectivity index (χ1n) is 4.15. The van der Waals surface area contributed by atoms with E-state index in [-0.39, 0.29) is 0 Å². The lowest BCUT2D eigenvalue weighted by molar-refractivity contribution is 0.446. The third kappa shape index (κ3) is 1.67. The number of nitrogens with one attached hydrogen (secondary N) is 2. The average molecular weight is 231 g/mol. The Morgan fingerprint density at radius 2 is 2.08 bits per heavy atom. The van der Waals surface area contributed by atoms with Gasteiger partial charge in [-0.25, -0.2) is 4.98 Å². The van der Waals surface area contributed by atoms with Crippen molar-refractivity contribution in [2.24, 2.45) is 0 Å². The topological polar surface area (TPSA) is 53.6 Å². The second-order valence-corrected chi connectivity index (χ2v) is 3.72. The maximum absolute atomic E-state index is 4.26. The fourth-order valence-corrected chi connectivity index (χ4v) is 1.81. The highest BCUT2D eigenvalue weighted by Gasteiger charge is 2.17. The Kier molecular flexibility index (Phi) is 2.41. The molecule has 4 nitrogen and oxygen atoms in total. The Bertz CT molecular complexity index is 254. The number of aromatic amines is 1. The minimum Gasteiger partial charge on any atom is -0.317 e. The van der Waals surface area contributed by atoms with Gasteiger partial charge in [-0.1, -0.05) is 0 Å². The van der Waals surface area contributed by atoms with E-state index in [0.717, 1.165) is 31.8 Å². The molecule has 0 radical (unpaired) electrons. The molecule has 0 aliphatic carbocycles. The summed E-state index contributed by atoms with van der Waals surface area (Å²) in [4.78, 5) is 4.26. The van der Waals surface area contributed by atoms with Gasteiger partial charge in [-0.3, -0.25) is 5.10 Å². The van der Waals surface area contributed by atoms with Crippen molar-refractivity contribution in [1.82, 2.24) is 20.5 Å². The van der Waals surface area contributed by atoms with Gasteiger partial charge in [-0.2, -0.15) is 0 Å². The van der Waals surface area contributed by atoms with Crippen LogP contribution in [0.2, 0.25) is 0 Å². The van der Waals surface area contributed by atoms with Crippen LogP contribution in [0, 0.1) is 0 Å². The molecule has 1 aromatic heterocycles. The molecule has 0 saturated carbocycles. The van der Waals surface area contributed by atoms with Crippen molar-refractivity contribution in [3.63, 3.8) is 0 Å². The van der Waals surface area contributed by atoms with Crippen LogP contribution in [0.1, 0.15) is 24.6 Å². The Balaban J connectivity index is 2.08. The van der Waals surface area contributed by atoms with Gasteiger partial charge < -0.3 is 5.32 Å². The van der Waals surface area contributed by atoms with Gasteiger partial charge in [-0.05, 0) is 41.9 Å². The monoisotopic (exact) mass is 230 g/mol. The zero-order valence-corrected chi connectivity index (χ0v) is 8.26. The standard InChI is InChI=1S/C7H11BrN4/c8-7-10-6(11-12-7)5-1-3-9-4-2-5/h5,9H,1-4H2,(H,10,11,12).